The summed E-state index contributed by atoms with van der Waals surface area (Å²) in [4.78, 5) is 0. The molecule has 0 fully saturated rings. The SMILES string of the molecule is CC(O)(CCO)CCO.OCC(CO)(CO)CO. The van der Waals surface area contributed by atoms with Gasteiger partial charge in [0.25, 0.3) is 0 Å². The number of hydrogen-bond acceptors (Lipinski definition) is 7. The van der Waals surface area contributed by atoms with Gasteiger partial charge in [0.1, 0.15) is 0 Å². The van der Waals surface area contributed by atoms with E-state index in [2.05, 4.69) is 0 Å². The molecule has 7 N–H and O–H groups in total. The maximum atomic E-state index is 9.19. The van der Waals surface area contributed by atoms with Crippen LogP contribution in [0.15, 0.2) is 0 Å². The van der Waals surface area contributed by atoms with E-state index in [-0.39, 0.29) is 13.2 Å². The fourth-order valence-corrected chi connectivity index (χ4v) is 0.907. The molecule has 0 aliphatic carbocycles. The van der Waals surface area contributed by atoms with Crippen molar-refractivity contribution in [2.45, 2.75) is 25.4 Å². The molecule has 0 bridgehead atoms. The van der Waals surface area contributed by atoms with Crippen molar-refractivity contribution in [3.8, 4) is 0 Å². The molecule has 0 radical (unpaired) electrons. The van der Waals surface area contributed by atoms with Gasteiger partial charge in [-0.1, -0.05) is 0 Å². The normalized spacial score (nSPS) is 12.0. The van der Waals surface area contributed by atoms with Gasteiger partial charge in [0.15, 0.2) is 0 Å². The minimum Gasteiger partial charge on any atom is -0.396 e. The maximum absolute atomic E-state index is 9.19. The Morgan fingerprint density at radius 1 is 0.667 bits per heavy atom. The van der Waals surface area contributed by atoms with E-state index in [0.717, 1.165) is 0 Å². The Bertz CT molecular complexity index is 155. The fraction of sp³-hybridized carbons (Fsp3) is 1.00. The lowest BCUT2D eigenvalue weighted by Gasteiger charge is -2.23. The largest absolute Gasteiger partial charge is 0.396 e. The monoisotopic (exact) mass is 270 g/mol. The number of aliphatic hydroxyl groups is 7. The van der Waals surface area contributed by atoms with Crippen LogP contribution in [0.4, 0.5) is 0 Å². The van der Waals surface area contributed by atoms with Gasteiger partial charge in [0, 0.05) is 13.2 Å². The van der Waals surface area contributed by atoms with Crippen molar-refractivity contribution < 1.29 is 35.7 Å². The first kappa shape index (κ1) is 20.0. The summed E-state index contributed by atoms with van der Waals surface area (Å²) in [5.74, 6) is 0. The number of hydrogen-bond donors (Lipinski definition) is 7. The summed E-state index contributed by atoms with van der Waals surface area (Å²) in [6.07, 6.45) is 0.654. The summed E-state index contributed by atoms with van der Waals surface area (Å²) in [5, 5.41) is 60.0. The van der Waals surface area contributed by atoms with Gasteiger partial charge >= 0.3 is 0 Å². The van der Waals surface area contributed by atoms with Gasteiger partial charge in [-0.3, -0.25) is 0 Å². The minimum absolute atomic E-state index is 0.0347. The van der Waals surface area contributed by atoms with Gasteiger partial charge in [-0.25, -0.2) is 0 Å². The lowest BCUT2D eigenvalue weighted by Crippen LogP contribution is -2.37. The average molecular weight is 270 g/mol. The first-order valence-electron chi connectivity index (χ1n) is 5.74. The summed E-state index contributed by atoms with van der Waals surface area (Å²) in [6, 6.07) is 0. The summed E-state index contributed by atoms with van der Waals surface area (Å²) in [7, 11) is 0. The Morgan fingerprint density at radius 2 is 0.944 bits per heavy atom. The van der Waals surface area contributed by atoms with Crippen LogP contribution in [0.25, 0.3) is 0 Å². The van der Waals surface area contributed by atoms with Crippen molar-refractivity contribution in [3.63, 3.8) is 0 Å². The summed E-state index contributed by atoms with van der Waals surface area (Å²) >= 11 is 0. The molecule has 0 aromatic carbocycles. The summed E-state index contributed by atoms with van der Waals surface area (Å²) in [5.41, 5.74) is -2.01. The maximum Gasteiger partial charge on any atom is 0.0663 e. The fourth-order valence-electron chi connectivity index (χ4n) is 0.907. The number of aliphatic hydroxyl groups excluding tert-OH is 6. The minimum atomic E-state index is -1.11. The van der Waals surface area contributed by atoms with Crippen molar-refractivity contribution in [1.82, 2.24) is 0 Å². The van der Waals surface area contributed by atoms with Gasteiger partial charge in [0.2, 0.25) is 0 Å². The Balaban J connectivity index is 0. The van der Waals surface area contributed by atoms with E-state index >= 15 is 0 Å². The molecule has 0 saturated carbocycles. The van der Waals surface area contributed by atoms with E-state index in [1.807, 2.05) is 0 Å². The smallest absolute Gasteiger partial charge is 0.0663 e. The first-order chi connectivity index (χ1) is 8.36. The van der Waals surface area contributed by atoms with Crippen LogP contribution in [0.5, 0.6) is 0 Å². The lowest BCUT2D eigenvalue weighted by atomic mass is 9.93. The zero-order valence-corrected chi connectivity index (χ0v) is 10.8. The Labute approximate surface area is 107 Å². The molecule has 0 aromatic heterocycles. The molecule has 0 aliphatic rings. The van der Waals surface area contributed by atoms with Crippen LogP contribution in [0, 0.1) is 5.41 Å². The molecule has 0 amide bonds. The molecule has 0 heterocycles. The van der Waals surface area contributed by atoms with Crippen LogP contribution in [0.2, 0.25) is 0 Å². The molecular formula is C11H26O7. The van der Waals surface area contributed by atoms with E-state index in [9.17, 15) is 5.11 Å². The Morgan fingerprint density at radius 3 is 1.06 bits per heavy atom. The number of rotatable bonds is 8. The van der Waals surface area contributed by atoms with Crippen molar-refractivity contribution in [1.29, 1.82) is 0 Å². The third kappa shape index (κ3) is 8.76. The highest BCUT2D eigenvalue weighted by Gasteiger charge is 2.26. The zero-order chi connectivity index (χ0) is 14.7. The molecule has 112 valence electrons. The van der Waals surface area contributed by atoms with Crippen LogP contribution in [0.3, 0.4) is 0 Å². The van der Waals surface area contributed by atoms with Crippen molar-refractivity contribution in [2.75, 3.05) is 39.6 Å². The Kier molecular flexibility index (Phi) is 11.8. The topological polar surface area (TPSA) is 142 Å². The van der Waals surface area contributed by atoms with E-state index in [0.29, 0.717) is 12.8 Å². The van der Waals surface area contributed by atoms with Crippen LogP contribution >= 0.6 is 0 Å². The highest BCUT2D eigenvalue weighted by molar-refractivity contribution is 4.75. The summed E-state index contributed by atoms with van der Waals surface area (Å²) in [6.45, 7) is -0.0978. The average Bonchev–Trinajstić information content (AvgIpc) is 2.33. The van der Waals surface area contributed by atoms with Gasteiger partial charge in [0.05, 0.1) is 37.4 Å². The molecule has 0 atom stereocenters. The van der Waals surface area contributed by atoms with E-state index in [1.54, 1.807) is 6.92 Å². The molecule has 7 nitrogen and oxygen atoms in total. The molecule has 0 aliphatic heterocycles. The predicted molar refractivity (Wildman–Crippen MR) is 64.8 cm³/mol. The molecule has 7 heteroatoms. The van der Waals surface area contributed by atoms with Gasteiger partial charge < -0.3 is 35.7 Å². The van der Waals surface area contributed by atoms with E-state index < -0.39 is 37.4 Å². The van der Waals surface area contributed by atoms with Crippen LogP contribution in [-0.4, -0.2) is 81.0 Å². The highest BCUT2D eigenvalue weighted by atomic mass is 16.3. The molecular weight excluding hydrogens is 244 g/mol. The Hall–Kier alpha value is -0.280. The second-order valence-electron chi connectivity index (χ2n) is 4.58. The highest BCUT2D eigenvalue weighted by Crippen LogP contribution is 2.12. The van der Waals surface area contributed by atoms with Crippen molar-refractivity contribution >= 4 is 0 Å². The third-order valence-electron chi connectivity index (χ3n) is 2.64. The molecule has 0 unspecified atom stereocenters. The molecule has 18 heavy (non-hydrogen) atoms. The van der Waals surface area contributed by atoms with Crippen molar-refractivity contribution in [2.24, 2.45) is 5.41 Å². The lowest BCUT2D eigenvalue weighted by molar-refractivity contribution is -0.0328. The van der Waals surface area contributed by atoms with Crippen LogP contribution in [0.1, 0.15) is 19.8 Å². The first-order valence-corrected chi connectivity index (χ1v) is 5.74. The van der Waals surface area contributed by atoms with Crippen LogP contribution in [-0.2, 0) is 0 Å². The molecule has 0 aromatic rings. The quantitative estimate of drug-likeness (QED) is 0.257. The zero-order valence-electron chi connectivity index (χ0n) is 10.8. The second kappa shape index (κ2) is 10.6. The van der Waals surface area contributed by atoms with Crippen molar-refractivity contribution in [3.05, 3.63) is 0 Å². The molecule has 0 rings (SSSR count). The van der Waals surface area contributed by atoms with Gasteiger partial charge in [-0.05, 0) is 19.8 Å². The van der Waals surface area contributed by atoms with Gasteiger partial charge in [-0.2, -0.15) is 0 Å². The second-order valence-corrected chi connectivity index (χ2v) is 4.58. The third-order valence-corrected chi connectivity index (χ3v) is 2.64. The van der Waals surface area contributed by atoms with Gasteiger partial charge in [-0.15, -0.1) is 0 Å². The predicted octanol–water partition coefficient (Wildman–Crippen LogP) is -2.56. The van der Waals surface area contributed by atoms with E-state index in [4.69, 9.17) is 30.6 Å². The molecule has 0 saturated heterocycles. The standard InChI is InChI=1S/C6H14O3.C5H12O4/c1-6(9,2-4-7)3-5-8;6-1-5(2-7,3-8)4-9/h7-9H,2-5H2,1H3;6-9H,1-4H2. The van der Waals surface area contributed by atoms with Crippen LogP contribution < -0.4 is 0 Å². The summed E-state index contributed by atoms with van der Waals surface area (Å²) < 4.78 is 0. The van der Waals surface area contributed by atoms with E-state index in [1.165, 1.54) is 0 Å². The molecule has 0 spiro atoms.